The summed E-state index contributed by atoms with van der Waals surface area (Å²) in [6.45, 7) is 2.86. The number of nitrogens with one attached hydrogen (secondary N) is 1. The Morgan fingerprint density at radius 3 is 2.76 bits per heavy atom. The summed E-state index contributed by atoms with van der Waals surface area (Å²) in [5, 5.41) is 3.26. The molecule has 0 spiro atoms. The molecule has 1 aliphatic heterocycles. The van der Waals surface area contributed by atoms with Crippen LogP contribution in [0.2, 0.25) is 0 Å². The van der Waals surface area contributed by atoms with Crippen LogP contribution >= 0.6 is 0 Å². The van der Waals surface area contributed by atoms with Crippen molar-refractivity contribution in [1.82, 2.24) is 5.32 Å². The largest absolute Gasteiger partial charge is 0.379 e. The molecule has 0 bridgehead atoms. The van der Waals surface area contributed by atoms with Crippen LogP contribution in [0.5, 0.6) is 0 Å². The number of fused-ring (bicyclic) bond motifs is 1. The van der Waals surface area contributed by atoms with Crippen molar-refractivity contribution in [2.75, 3.05) is 26.8 Å². The minimum atomic E-state index is 0.292. The zero-order valence-corrected chi connectivity index (χ0v) is 10.6. The van der Waals surface area contributed by atoms with Crippen molar-refractivity contribution in [2.24, 2.45) is 0 Å². The average molecular weight is 231 g/mol. The summed E-state index contributed by atoms with van der Waals surface area (Å²) in [6.07, 6.45) is 5.06. The Labute approximate surface area is 103 Å². The van der Waals surface area contributed by atoms with Gasteiger partial charge in [-0.25, -0.2) is 0 Å². The van der Waals surface area contributed by atoms with E-state index < -0.39 is 0 Å². The molecule has 3 rings (SSSR count). The number of benzene rings is 1. The van der Waals surface area contributed by atoms with E-state index >= 15 is 0 Å². The van der Waals surface area contributed by atoms with Crippen molar-refractivity contribution >= 4 is 0 Å². The summed E-state index contributed by atoms with van der Waals surface area (Å²) in [5.74, 6) is 0. The lowest BCUT2D eigenvalue weighted by molar-refractivity contribution is -0.0638. The second-order valence-corrected chi connectivity index (χ2v) is 5.46. The molecule has 0 aromatic heterocycles. The monoisotopic (exact) mass is 231 g/mol. The molecule has 92 valence electrons. The second-order valence-electron chi connectivity index (χ2n) is 5.46. The summed E-state index contributed by atoms with van der Waals surface area (Å²) >= 11 is 0. The first-order valence-corrected chi connectivity index (χ1v) is 6.69. The molecular formula is C15H21NO. The fraction of sp³-hybridized carbons (Fsp3) is 0.600. The van der Waals surface area contributed by atoms with Crippen LogP contribution in [0.3, 0.4) is 0 Å². The van der Waals surface area contributed by atoms with E-state index in [1.165, 1.54) is 31.2 Å². The molecule has 0 radical (unpaired) electrons. The number of hydrogen-bond donors (Lipinski definition) is 1. The number of aryl methyl sites for hydroxylation is 2. The highest BCUT2D eigenvalue weighted by Crippen LogP contribution is 2.37. The topological polar surface area (TPSA) is 21.3 Å². The van der Waals surface area contributed by atoms with Gasteiger partial charge in [-0.1, -0.05) is 18.2 Å². The quantitative estimate of drug-likeness (QED) is 0.856. The zero-order valence-electron chi connectivity index (χ0n) is 10.6. The van der Waals surface area contributed by atoms with Gasteiger partial charge in [0.1, 0.15) is 0 Å². The molecule has 1 heterocycles. The van der Waals surface area contributed by atoms with E-state index in [0.29, 0.717) is 5.41 Å². The van der Waals surface area contributed by atoms with Gasteiger partial charge in [-0.3, -0.25) is 0 Å². The second kappa shape index (κ2) is 4.43. The molecule has 0 unspecified atom stereocenters. The first kappa shape index (κ1) is 11.2. The van der Waals surface area contributed by atoms with Gasteiger partial charge in [-0.05, 0) is 56.0 Å². The van der Waals surface area contributed by atoms with Crippen LogP contribution in [0.25, 0.3) is 0 Å². The third kappa shape index (κ3) is 1.90. The highest BCUT2D eigenvalue weighted by Gasteiger charge is 2.40. The van der Waals surface area contributed by atoms with E-state index in [2.05, 4.69) is 23.5 Å². The molecule has 2 aliphatic rings. The Kier molecular flexibility index (Phi) is 2.93. The SMILES string of the molecule is CNCCC1(c2ccc3c(c2)CCC3)COC1. The molecule has 1 aromatic carbocycles. The Morgan fingerprint density at radius 2 is 2.06 bits per heavy atom. The molecule has 1 fully saturated rings. The van der Waals surface area contributed by atoms with E-state index in [1.54, 1.807) is 11.1 Å². The predicted octanol–water partition coefficient (Wildman–Crippen LogP) is 2.05. The van der Waals surface area contributed by atoms with Crippen molar-refractivity contribution in [2.45, 2.75) is 31.1 Å². The summed E-state index contributed by atoms with van der Waals surface area (Å²) in [5.41, 5.74) is 4.94. The van der Waals surface area contributed by atoms with Crippen molar-refractivity contribution < 1.29 is 4.74 Å². The summed E-state index contributed by atoms with van der Waals surface area (Å²) in [6, 6.07) is 7.12. The third-order valence-corrected chi connectivity index (χ3v) is 4.32. The third-order valence-electron chi connectivity index (χ3n) is 4.32. The van der Waals surface area contributed by atoms with E-state index in [4.69, 9.17) is 4.74 Å². The van der Waals surface area contributed by atoms with Crippen molar-refractivity contribution in [3.8, 4) is 0 Å². The lowest BCUT2D eigenvalue weighted by atomic mass is 9.75. The Hall–Kier alpha value is -0.860. The predicted molar refractivity (Wildman–Crippen MR) is 69.5 cm³/mol. The number of hydrogen-bond acceptors (Lipinski definition) is 2. The van der Waals surface area contributed by atoms with Crippen LogP contribution < -0.4 is 5.32 Å². The number of ether oxygens (including phenoxy) is 1. The molecule has 1 N–H and O–H groups in total. The van der Waals surface area contributed by atoms with E-state index in [1.807, 2.05) is 7.05 Å². The van der Waals surface area contributed by atoms with Gasteiger partial charge in [-0.2, -0.15) is 0 Å². The molecule has 0 atom stereocenters. The maximum atomic E-state index is 5.48. The summed E-state index contributed by atoms with van der Waals surface area (Å²) in [4.78, 5) is 0. The van der Waals surface area contributed by atoms with Crippen LogP contribution in [0.1, 0.15) is 29.5 Å². The first-order chi connectivity index (χ1) is 8.34. The standard InChI is InChI=1S/C15H21NO/c1-16-8-7-15(10-17-11-15)14-6-5-12-3-2-4-13(12)9-14/h5-6,9,16H,2-4,7-8,10-11H2,1H3. The fourth-order valence-electron chi connectivity index (χ4n) is 3.07. The average Bonchev–Trinajstić information content (AvgIpc) is 2.75. The van der Waals surface area contributed by atoms with Gasteiger partial charge in [0.25, 0.3) is 0 Å². The van der Waals surface area contributed by atoms with Gasteiger partial charge in [0.05, 0.1) is 13.2 Å². The molecule has 1 aromatic rings. The molecule has 1 aliphatic carbocycles. The molecular weight excluding hydrogens is 210 g/mol. The van der Waals surface area contributed by atoms with Gasteiger partial charge in [0.15, 0.2) is 0 Å². The fourth-order valence-corrected chi connectivity index (χ4v) is 3.07. The molecule has 1 saturated heterocycles. The molecule has 2 heteroatoms. The van der Waals surface area contributed by atoms with Crippen LogP contribution in [-0.4, -0.2) is 26.8 Å². The van der Waals surface area contributed by atoms with Gasteiger partial charge in [-0.15, -0.1) is 0 Å². The molecule has 0 saturated carbocycles. The number of rotatable bonds is 4. The lowest BCUT2D eigenvalue weighted by Gasteiger charge is -2.42. The summed E-state index contributed by atoms with van der Waals surface area (Å²) < 4.78 is 5.48. The smallest absolute Gasteiger partial charge is 0.0586 e. The first-order valence-electron chi connectivity index (χ1n) is 6.69. The summed E-state index contributed by atoms with van der Waals surface area (Å²) in [7, 11) is 2.02. The van der Waals surface area contributed by atoms with Gasteiger partial charge < -0.3 is 10.1 Å². The molecule has 17 heavy (non-hydrogen) atoms. The van der Waals surface area contributed by atoms with Crippen LogP contribution in [0.4, 0.5) is 0 Å². The van der Waals surface area contributed by atoms with E-state index in [9.17, 15) is 0 Å². The Balaban J connectivity index is 1.86. The maximum Gasteiger partial charge on any atom is 0.0586 e. The van der Waals surface area contributed by atoms with Crippen LogP contribution in [0, 0.1) is 0 Å². The zero-order chi connectivity index (χ0) is 11.7. The molecule has 0 amide bonds. The highest BCUT2D eigenvalue weighted by molar-refractivity contribution is 5.39. The molecule has 2 nitrogen and oxygen atoms in total. The van der Waals surface area contributed by atoms with Gasteiger partial charge in [0.2, 0.25) is 0 Å². The van der Waals surface area contributed by atoms with E-state index in [0.717, 1.165) is 19.8 Å². The Morgan fingerprint density at radius 1 is 1.24 bits per heavy atom. The highest BCUT2D eigenvalue weighted by atomic mass is 16.5. The van der Waals surface area contributed by atoms with Gasteiger partial charge >= 0.3 is 0 Å². The van der Waals surface area contributed by atoms with Crippen molar-refractivity contribution in [3.05, 3.63) is 34.9 Å². The maximum absolute atomic E-state index is 5.48. The normalized spacial score (nSPS) is 21.0. The van der Waals surface area contributed by atoms with Crippen LogP contribution in [-0.2, 0) is 23.0 Å². The van der Waals surface area contributed by atoms with Gasteiger partial charge in [0, 0.05) is 5.41 Å². The minimum Gasteiger partial charge on any atom is -0.379 e. The Bertz CT molecular complexity index is 409. The van der Waals surface area contributed by atoms with Crippen molar-refractivity contribution in [1.29, 1.82) is 0 Å². The van der Waals surface area contributed by atoms with Crippen LogP contribution in [0.15, 0.2) is 18.2 Å². The van der Waals surface area contributed by atoms with Crippen molar-refractivity contribution in [3.63, 3.8) is 0 Å². The van der Waals surface area contributed by atoms with E-state index in [-0.39, 0.29) is 0 Å². The minimum absolute atomic E-state index is 0.292. The lowest BCUT2D eigenvalue weighted by Crippen LogP contribution is -2.48.